The number of rotatable bonds is 3. The predicted molar refractivity (Wildman–Crippen MR) is 62.4 cm³/mol. The molecule has 0 amide bonds. The molecular weight excluding hydrogens is 220 g/mol. The number of hydrogen-bond acceptors (Lipinski definition) is 4. The molecule has 0 bridgehead atoms. The lowest BCUT2D eigenvalue weighted by Crippen LogP contribution is -2.17. The molecule has 1 atom stereocenters. The molecule has 17 heavy (non-hydrogen) atoms. The van der Waals surface area contributed by atoms with Crippen LogP contribution in [-0.4, -0.2) is 32.4 Å². The Morgan fingerprint density at radius 1 is 1.47 bits per heavy atom. The van der Waals surface area contributed by atoms with E-state index in [0.29, 0.717) is 12.2 Å². The molecule has 0 spiro atoms. The monoisotopic (exact) mass is 236 g/mol. The highest BCUT2D eigenvalue weighted by Crippen LogP contribution is 2.24. The normalized spacial score (nSPS) is 19.1. The van der Waals surface area contributed by atoms with Gasteiger partial charge in [0.05, 0.1) is 25.9 Å². The Balaban J connectivity index is 2.19. The maximum Gasteiger partial charge on any atom is 0.338 e. The second-order valence-corrected chi connectivity index (χ2v) is 4.02. The first kappa shape index (κ1) is 11.9. The summed E-state index contributed by atoms with van der Waals surface area (Å²) in [6, 6.07) is 5.39. The summed E-state index contributed by atoms with van der Waals surface area (Å²) in [5.41, 5.74) is 1.36. The highest BCUT2D eigenvalue weighted by atomic mass is 16.5. The Labute approximate surface area is 100 Å². The zero-order valence-corrected chi connectivity index (χ0v) is 10.1. The molecule has 0 aliphatic carbocycles. The highest BCUT2D eigenvalue weighted by Gasteiger charge is 2.19. The third kappa shape index (κ3) is 2.58. The fraction of sp³-hybridized carbons (Fsp3) is 0.462. The van der Waals surface area contributed by atoms with Crippen LogP contribution in [0.1, 0.15) is 22.3 Å². The lowest BCUT2D eigenvalue weighted by molar-refractivity contribution is 0.0599. The minimum atomic E-state index is -0.337. The Hall–Kier alpha value is -1.55. The molecule has 1 unspecified atom stereocenters. The topological polar surface area (TPSA) is 44.8 Å². The first-order chi connectivity index (χ1) is 8.22. The predicted octanol–water partition coefficient (Wildman–Crippen LogP) is 1.95. The smallest absolute Gasteiger partial charge is 0.338 e. The summed E-state index contributed by atoms with van der Waals surface area (Å²) in [4.78, 5) is 11.5. The molecule has 0 saturated carbocycles. The van der Waals surface area contributed by atoms with E-state index in [4.69, 9.17) is 14.2 Å². The maximum atomic E-state index is 11.5. The van der Waals surface area contributed by atoms with Crippen LogP contribution in [0.25, 0.3) is 0 Å². The third-order valence-corrected chi connectivity index (χ3v) is 2.87. The van der Waals surface area contributed by atoms with Crippen LogP contribution in [0.2, 0.25) is 0 Å². The van der Waals surface area contributed by atoms with Gasteiger partial charge in [0, 0.05) is 12.0 Å². The van der Waals surface area contributed by atoms with Crippen LogP contribution < -0.4 is 4.74 Å². The number of methoxy groups -OCH3 is 1. The lowest BCUT2D eigenvalue weighted by Gasteiger charge is -2.15. The van der Waals surface area contributed by atoms with Gasteiger partial charge in [-0.3, -0.25) is 0 Å². The van der Waals surface area contributed by atoms with E-state index in [1.807, 2.05) is 13.0 Å². The van der Waals surface area contributed by atoms with Crippen molar-refractivity contribution in [3.05, 3.63) is 29.3 Å². The van der Waals surface area contributed by atoms with Crippen molar-refractivity contribution in [2.75, 3.05) is 20.3 Å². The molecular formula is C13H16O4. The zero-order chi connectivity index (χ0) is 12.3. The van der Waals surface area contributed by atoms with Gasteiger partial charge < -0.3 is 14.2 Å². The van der Waals surface area contributed by atoms with Crippen molar-refractivity contribution in [3.63, 3.8) is 0 Å². The van der Waals surface area contributed by atoms with Crippen LogP contribution in [0.3, 0.4) is 0 Å². The molecule has 1 aromatic rings. The van der Waals surface area contributed by atoms with E-state index in [1.165, 1.54) is 7.11 Å². The molecule has 92 valence electrons. The Morgan fingerprint density at radius 2 is 2.29 bits per heavy atom. The second kappa shape index (κ2) is 5.19. The van der Waals surface area contributed by atoms with Gasteiger partial charge in [-0.1, -0.05) is 6.07 Å². The molecule has 0 aromatic heterocycles. The van der Waals surface area contributed by atoms with Crippen molar-refractivity contribution in [1.82, 2.24) is 0 Å². The van der Waals surface area contributed by atoms with Gasteiger partial charge in [-0.25, -0.2) is 4.79 Å². The Bertz CT molecular complexity index is 408. The summed E-state index contributed by atoms with van der Waals surface area (Å²) in [5, 5.41) is 0. The number of carbonyl (C=O) groups is 1. The number of esters is 1. The summed E-state index contributed by atoms with van der Waals surface area (Å²) in [6.07, 6.45) is 0.976. The summed E-state index contributed by atoms with van der Waals surface area (Å²) in [7, 11) is 1.38. The van der Waals surface area contributed by atoms with E-state index in [0.717, 1.165) is 24.3 Å². The van der Waals surface area contributed by atoms with Crippen molar-refractivity contribution in [2.24, 2.45) is 0 Å². The van der Waals surface area contributed by atoms with E-state index in [2.05, 4.69) is 0 Å². The van der Waals surface area contributed by atoms with Gasteiger partial charge in [0.15, 0.2) is 0 Å². The molecule has 1 aliphatic heterocycles. The number of carbonyl (C=O) groups excluding carboxylic acids is 1. The Morgan fingerprint density at radius 3 is 2.94 bits per heavy atom. The van der Waals surface area contributed by atoms with Crippen molar-refractivity contribution < 1.29 is 19.0 Å². The average Bonchev–Trinajstić information content (AvgIpc) is 2.84. The second-order valence-electron chi connectivity index (χ2n) is 4.02. The van der Waals surface area contributed by atoms with Gasteiger partial charge in [-0.2, -0.15) is 0 Å². The van der Waals surface area contributed by atoms with Gasteiger partial charge in [0.1, 0.15) is 11.9 Å². The number of hydrogen-bond donors (Lipinski definition) is 0. The quantitative estimate of drug-likeness (QED) is 0.752. The fourth-order valence-corrected chi connectivity index (χ4v) is 1.86. The van der Waals surface area contributed by atoms with E-state index in [9.17, 15) is 4.79 Å². The molecule has 0 radical (unpaired) electrons. The molecule has 4 heteroatoms. The minimum absolute atomic E-state index is 0.0848. The van der Waals surface area contributed by atoms with Gasteiger partial charge in [-0.15, -0.1) is 0 Å². The molecule has 1 fully saturated rings. The number of ether oxygens (including phenoxy) is 3. The molecule has 0 N–H and O–H groups in total. The molecule has 1 saturated heterocycles. The SMILES string of the molecule is COC(=O)c1cccc(OC2CCOC2)c1C. The standard InChI is InChI=1S/C13H16O4/c1-9-11(13(14)15-2)4-3-5-12(9)17-10-6-7-16-8-10/h3-5,10H,6-8H2,1-2H3. The first-order valence-corrected chi connectivity index (χ1v) is 5.64. The highest BCUT2D eigenvalue weighted by molar-refractivity contribution is 5.91. The summed E-state index contributed by atoms with van der Waals surface area (Å²) < 4.78 is 15.8. The van der Waals surface area contributed by atoms with Crippen LogP contribution in [0, 0.1) is 6.92 Å². The van der Waals surface area contributed by atoms with E-state index in [1.54, 1.807) is 12.1 Å². The average molecular weight is 236 g/mol. The van der Waals surface area contributed by atoms with Crippen LogP contribution >= 0.6 is 0 Å². The fourth-order valence-electron chi connectivity index (χ4n) is 1.86. The van der Waals surface area contributed by atoms with Crippen molar-refractivity contribution in [1.29, 1.82) is 0 Å². The lowest BCUT2D eigenvalue weighted by atomic mass is 10.1. The molecule has 4 nitrogen and oxygen atoms in total. The maximum absolute atomic E-state index is 11.5. The minimum Gasteiger partial charge on any atom is -0.488 e. The van der Waals surface area contributed by atoms with Crippen molar-refractivity contribution in [3.8, 4) is 5.75 Å². The summed E-state index contributed by atoms with van der Waals surface area (Å²) in [6.45, 7) is 3.21. The van der Waals surface area contributed by atoms with Crippen LogP contribution in [0.5, 0.6) is 5.75 Å². The first-order valence-electron chi connectivity index (χ1n) is 5.64. The van der Waals surface area contributed by atoms with Crippen LogP contribution in [-0.2, 0) is 9.47 Å². The summed E-state index contributed by atoms with van der Waals surface area (Å²) >= 11 is 0. The Kier molecular flexibility index (Phi) is 3.64. The van der Waals surface area contributed by atoms with Crippen LogP contribution in [0.15, 0.2) is 18.2 Å². The molecule has 2 rings (SSSR count). The molecule has 1 aliphatic rings. The molecule has 1 aromatic carbocycles. The van der Waals surface area contributed by atoms with Crippen molar-refractivity contribution >= 4 is 5.97 Å². The van der Waals surface area contributed by atoms with Crippen molar-refractivity contribution in [2.45, 2.75) is 19.4 Å². The molecule has 1 heterocycles. The largest absolute Gasteiger partial charge is 0.488 e. The van der Waals surface area contributed by atoms with E-state index < -0.39 is 0 Å². The van der Waals surface area contributed by atoms with Gasteiger partial charge in [0.25, 0.3) is 0 Å². The third-order valence-electron chi connectivity index (χ3n) is 2.87. The summed E-state index contributed by atoms with van der Waals surface area (Å²) in [5.74, 6) is 0.388. The van der Waals surface area contributed by atoms with Gasteiger partial charge in [0.2, 0.25) is 0 Å². The number of benzene rings is 1. The zero-order valence-electron chi connectivity index (χ0n) is 10.1. The van der Waals surface area contributed by atoms with E-state index in [-0.39, 0.29) is 12.1 Å². The van der Waals surface area contributed by atoms with E-state index >= 15 is 0 Å². The van der Waals surface area contributed by atoms with Gasteiger partial charge >= 0.3 is 5.97 Å². The van der Waals surface area contributed by atoms with Gasteiger partial charge in [-0.05, 0) is 19.1 Å². The van der Waals surface area contributed by atoms with Crippen LogP contribution in [0.4, 0.5) is 0 Å².